The molecule has 0 heterocycles. The van der Waals surface area contributed by atoms with Crippen molar-refractivity contribution in [3.8, 4) is 0 Å². The number of hydrogen-bond donors (Lipinski definition) is 1. The molecule has 1 amide bonds. The Kier molecular flexibility index (Phi) is 2.34. The van der Waals surface area contributed by atoms with Gasteiger partial charge in [-0.25, -0.2) is 4.79 Å². The molecule has 0 aromatic heterocycles. The lowest BCUT2D eigenvalue weighted by atomic mass is 10.1. The Labute approximate surface area is 57.1 Å². The number of amides is 1. The second kappa shape index (κ2) is 2.64. The summed E-state index contributed by atoms with van der Waals surface area (Å²) in [5, 5.41) is 0. The Morgan fingerprint density at radius 3 is 2.00 bits per heavy atom. The van der Waals surface area contributed by atoms with Gasteiger partial charge in [-0.1, -0.05) is 0 Å². The highest BCUT2D eigenvalue weighted by molar-refractivity contribution is 5.80. The highest BCUT2D eigenvalue weighted by Gasteiger charge is 2.31. The van der Waals surface area contributed by atoms with Crippen LogP contribution >= 0.6 is 0 Å². The molecule has 0 rings (SSSR count). The average molecular weight is 149 g/mol. The van der Waals surface area contributed by atoms with Gasteiger partial charge in [-0.2, -0.15) is 4.39 Å². The fourth-order valence-corrected chi connectivity index (χ4v) is 0.292. The summed E-state index contributed by atoms with van der Waals surface area (Å²) in [5.74, 6) is 0. The summed E-state index contributed by atoms with van der Waals surface area (Å²) in [5.41, 5.74) is 2.78. The lowest BCUT2D eigenvalue weighted by Gasteiger charge is -2.16. The Hall–Kier alpha value is -1.13. The normalized spacial score (nSPS) is 10.7. The van der Waals surface area contributed by atoms with Crippen molar-refractivity contribution in [2.75, 3.05) is 0 Å². The van der Waals surface area contributed by atoms with Gasteiger partial charge < -0.3 is 10.5 Å². The van der Waals surface area contributed by atoms with Gasteiger partial charge >= 0.3 is 12.1 Å². The van der Waals surface area contributed by atoms with Gasteiger partial charge in [-0.15, -0.1) is 0 Å². The van der Waals surface area contributed by atoms with Gasteiger partial charge in [-0.05, 0) is 13.8 Å². The molecule has 0 bridgehead atoms. The van der Waals surface area contributed by atoms with Gasteiger partial charge in [0.1, 0.15) is 0 Å². The number of ether oxygens (including phenoxy) is 1. The van der Waals surface area contributed by atoms with Gasteiger partial charge in [0.25, 0.3) is 0 Å². The van der Waals surface area contributed by atoms with Crippen LogP contribution in [0.4, 0.5) is 9.18 Å². The number of rotatable bonds is 2. The number of carbonyl (C=O) groups excluding carboxylic acids is 2. The van der Waals surface area contributed by atoms with E-state index in [0.717, 1.165) is 13.8 Å². The van der Waals surface area contributed by atoms with E-state index in [4.69, 9.17) is 0 Å². The third kappa shape index (κ3) is 2.43. The van der Waals surface area contributed by atoms with Crippen molar-refractivity contribution in [1.29, 1.82) is 0 Å². The Morgan fingerprint density at radius 1 is 1.50 bits per heavy atom. The van der Waals surface area contributed by atoms with Crippen molar-refractivity contribution in [2.45, 2.75) is 19.4 Å². The third-order valence-electron chi connectivity index (χ3n) is 0.829. The van der Waals surface area contributed by atoms with Gasteiger partial charge in [0.2, 0.25) is 0 Å². The summed E-state index contributed by atoms with van der Waals surface area (Å²) < 4.78 is 16.0. The van der Waals surface area contributed by atoms with Crippen LogP contribution in [0.15, 0.2) is 0 Å². The molecule has 0 saturated heterocycles. The zero-order valence-electron chi connectivity index (χ0n) is 5.68. The quantitative estimate of drug-likeness (QED) is 0.576. The molecule has 2 N–H and O–H groups in total. The minimum atomic E-state index is -1.76. The van der Waals surface area contributed by atoms with Crippen LogP contribution in [0.5, 0.6) is 0 Å². The van der Waals surface area contributed by atoms with Crippen molar-refractivity contribution >= 4 is 12.1 Å². The van der Waals surface area contributed by atoms with Gasteiger partial charge in [0, 0.05) is 0 Å². The highest BCUT2D eigenvalue weighted by Crippen LogP contribution is 2.10. The molecule has 0 aliphatic heterocycles. The lowest BCUT2D eigenvalue weighted by molar-refractivity contribution is -0.145. The first-order valence-corrected chi connectivity index (χ1v) is 2.54. The van der Waals surface area contributed by atoms with E-state index in [2.05, 4.69) is 10.5 Å². The summed E-state index contributed by atoms with van der Waals surface area (Å²) >= 11 is 0. The van der Waals surface area contributed by atoms with E-state index in [9.17, 15) is 14.0 Å². The molecule has 10 heavy (non-hydrogen) atoms. The summed E-state index contributed by atoms with van der Waals surface area (Å²) in [4.78, 5) is 20.0. The summed E-state index contributed by atoms with van der Waals surface area (Å²) in [6.07, 6.45) is -1.17. The van der Waals surface area contributed by atoms with E-state index >= 15 is 0 Å². The van der Waals surface area contributed by atoms with Crippen LogP contribution in [0.25, 0.3) is 0 Å². The maximum absolute atomic E-state index is 11.9. The van der Waals surface area contributed by atoms with Crippen LogP contribution in [0.1, 0.15) is 13.8 Å². The predicted octanol–water partition coefficient (Wildman–Crippen LogP) is 0.356. The molecular formula is C5H8FNO3. The molecule has 0 spiro atoms. The second-order valence-electron chi connectivity index (χ2n) is 2.21. The number of nitrogens with two attached hydrogens (primary N) is 1. The van der Waals surface area contributed by atoms with E-state index in [0.29, 0.717) is 0 Å². The van der Waals surface area contributed by atoms with Gasteiger partial charge in [-0.3, -0.25) is 4.79 Å². The molecule has 58 valence electrons. The largest absolute Gasteiger partial charge is 0.433 e. The Bertz CT molecular complexity index is 166. The molecule has 0 atom stereocenters. The maximum Gasteiger partial charge on any atom is 0.405 e. The number of primary amides is 1. The van der Waals surface area contributed by atoms with E-state index < -0.39 is 17.7 Å². The van der Waals surface area contributed by atoms with Crippen molar-refractivity contribution < 1.29 is 18.7 Å². The first-order valence-electron chi connectivity index (χ1n) is 2.54. The molecule has 0 saturated carbocycles. The van der Waals surface area contributed by atoms with E-state index in [1.807, 2.05) is 0 Å². The molecule has 0 aromatic carbocycles. The SMILES string of the molecule is CC(C)(OC(N)=O)C(=O)F. The minimum Gasteiger partial charge on any atom is -0.433 e. The fourth-order valence-electron chi connectivity index (χ4n) is 0.292. The molecule has 0 aliphatic rings. The molecule has 4 nitrogen and oxygen atoms in total. The number of carbonyl (C=O) groups is 2. The summed E-state index contributed by atoms with van der Waals surface area (Å²) in [6.45, 7) is 2.22. The zero-order chi connectivity index (χ0) is 8.36. The van der Waals surface area contributed by atoms with Crippen LogP contribution in [0.2, 0.25) is 0 Å². The Balaban J connectivity index is 4.13. The van der Waals surface area contributed by atoms with Crippen molar-refractivity contribution in [1.82, 2.24) is 0 Å². The standard InChI is InChI=1S/C5H8FNO3/c1-5(2,3(6)8)10-4(7)9/h1-2H3,(H2,7,9). The lowest BCUT2D eigenvalue weighted by Crippen LogP contribution is -2.36. The summed E-state index contributed by atoms with van der Waals surface area (Å²) in [7, 11) is 0. The Morgan fingerprint density at radius 2 is 1.90 bits per heavy atom. The fraction of sp³-hybridized carbons (Fsp3) is 0.600. The molecule has 0 aromatic rings. The van der Waals surface area contributed by atoms with Crippen LogP contribution < -0.4 is 5.73 Å². The van der Waals surface area contributed by atoms with E-state index in [-0.39, 0.29) is 0 Å². The smallest absolute Gasteiger partial charge is 0.405 e. The molecule has 0 radical (unpaired) electrons. The molecule has 5 heteroatoms. The molecule has 0 aliphatic carbocycles. The van der Waals surface area contributed by atoms with Crippen LogP contribution in [-0.2, 0) is 9.53 Å². The van der Waals surface area contributed by atoms with E-state index in [1.165, 1.54) is 0 Å². The van der Waals surface area contributed by atoms with Crippen molar-refractivity contribution in [3.63, 3.8) is 0 Å². The second-order valence-corrected chi connectivity index (χ2v) is 2.21. The molecule has 0 unspecified atom stereocenters. The monoisotopic (exact) mass is 149 g/mol. The van der Waals surface area contributed by atoms with Crippen molar-refractivity contribution in [3.05, 3.63) is 0 Å². The first kappa shape index (κ1) is 8.87. The van der Waals surface area contributed by atoms with Crippen molar-refractivity contribution in [2.24, 2.45) is 5.73 Å². The molecule has 0 fully saturated rings. The topological polar surface area (TPSA) is 69.4 Å². The number of hydrogen-bond acceptors (Lipinski definition) is 3. The summed E-state index contributed by atoms with van der Waals surface area (Å²) in [6, 6.07) is -1.73. The highest BCUT2D eigenvalue weighted by atomic mass is 19.1. The van der Waals surface area contributed by atoms with Gasteiger partial charge in [0.15, 0.2) is 5.60 Å². The van der Waals surface area contributed by atoms with Gasteiger partial charge in [0.05, 0.1) is 0 Å². The maximum atomic E-state index is 11.9. The van der Waals surface area contributed by atoms with Crippen LogP contribution in [0.3, 0.4) is 0 Å². The number of halogens is 1. The third-order valence-corrected chi connectivity index (χ3v) is 0.829. The van der Waals surface area contributed by atoms with Crippen LogP contribution in [0, 0.1) is 0 Å². The minimum absolute atomic E-state index is 1.11. The van der Waals surface area contributed by atoms with E-state index in [1.54, 1.807) is 0 Å². The average Bonchev–Trinajstić information content (AvgIpc) is 1.60. The predicted molar refractivity (Wildman–Crippen MR) is 30.9 cm³/mol. The zero-order valence-corrected chi connectivity index (χ0v) is 5.68. The van der Waals surface area contributed by atoms with Crippen LogP contribution in [-0.4, -0.2) is 17.7 Å². The first-order chi connectivity index (χ1) is 4.36. The molecular weight excluding hydrogens is 141 g/mol.